The van der Waals surface area contributed by atoms with E-state index in [1.165, 1.54) is 0 Å². The summed E-state index contributed by atoms with van der Waals surface area (Å²) in [6, 6.07) is 21.1. The number of rotatable bonds is 7. The average Bonchev–Trinajstić information content (AvgIpc) is 3.20. The quantitative estimate of drug-likeness (QED) is 0.320. The molecule has 0 saturated heterocycles. The molecule has 1 heterocycles. The van der Waals surface area contributed by atoms with E-state index in [9.17, 15) is 9.59 Å². The van der Waals surface area contributed by atoms with Crippen molar-refractivity contribution in [2.24, 2.45) is 0 Å². The summed E-state index contributed by atoms with van der Waals surface area (Å²) in [7, 11) is 0. The van der Waals surface area contributed by atoms with E-state index in [1.54, 1.807) is 4.90 Å². The largest absolute Gasteiger partial charge is 0.455 e. The summed E-state index contributed by atoms with van der Waals surface area (Å²) < 4.78 is 10.8. The van der Waals surface area contributed by atoms with Crippen LogP contribution in [-0.2, 0) is 14.3 Å². The SMILES string of the molecule is CCN(C(=O)COC(=O)CSc1nc2ccccc2o1)c1cccc2ccccc12. The van der Waals surface area contributed by atoms with Crippen LogP contribution >= 0.6 is 11.8 Å². The molecular weight excluding hydrogens is 400 g/mol. The summed E-state index contributed by atoms with van der Waals surface area (Å²) in [5.41, 5.74) is 2.20. The molecule has 4 rings (SSSR count). The number of benzene rings is 3. The molecule has 1 aromatic heterocycles. The highest BCUT2D eigenvalue weighted by Crippen LogP contribution is 2.27. The minimum absolute atomic E-state index is 0.0144. The molecule has 0 unspecified atom stereocenters. The van der Waals surface area contributed by atoms with Crippen molar-refractivity contribution in [3.05, 3.63) is 66.7 Å². The summed E-state index contributed by atoms with van der Waals surface area (Å²) in [6.07, 6.45) is 0. The molecule has 30 heavy (non-hydrogen) atoms. The second-order valence-electron chi connectivity index (χ2n) is 6.53. The van der Waals surface area contributed by atoms with E-state index in [4.69, 9.17) is 9.15 Å². The number of anilines is 1. The molecule has 0 fully saturated rings. The van der Waals surface area contributed by atoms with Crippen LogP contribution < -0.4 is 4.90 Å². The number of likely N-dealkylation sites (N-methyl/N-ethyl adjacent to an activating group) is 1. The van der Waals surface area contributed by atoms with Crippen molar-refractivity contribution in [2.45, 2.75) is 12.1 Å². The average molecular weight is 420 g/mol. The lowest BCUT2D eigenvalue weighted by Crippen LogP contribution is -2.34. The summed E-state index contributed by atoms with van der Waals surface area (Å²) in [5, 5.41) is 2.42. The molecule has 0 atom stereocenters. The third-order valence-corrected chi connectivity index (χ3v) is 5.42. The van der Waals surface area contributed by atoms with Gasteiger partial charge < -0.3 is 14.1 Å². The number of esters is 1. The normalized spacial score (nSPS) is 11.0. The molecule has 0 aliphatic rings. The first-order chi connectivity index (χ1) is 14.7. The second kappa shape index (κ2) is 9.00. The molecule has 0 N–H and O–H groups in total. The highest BCUT2D eigenvalue weighted by atomic mass is 32.2. The maximum Gasteiger partial charge on any atom is 0.316 e. The van der Waals surface area contributed by atoms with Gasteiger partial charge in [0.15, 0.2) is 12.2 Å². The number of nitrogens with zero attached hydrogens (tertiary/aromatic N) is 2. The zero-order chi connectivity index (χ0) is 20.9. The third-order valence-electron chi connectivity index (χ3n) is 4.62. The van der Waals surface area contributed by atoms with Crippen LogP contribution in [0.2, 0.25) is 0 Å². The van der Waals surface area contributed by atoms with Crippen LogP contribution in [0, 0.1) is 0 Å². The van der Waals surface area contributed by atoms with E-state index in [2.05, 4.69) is 4.98 Å². The number of carbonyl (C=O) groups is 2. The second-order valence-corrected chi connectivity index (χ2v) is 7.46. The number of amides is 1. The van der Waals surface area contributed by atoms with Crippen molar-refractivity contribution in [1.82, 2.24) is 4.98 Å². The van der Waals surface area contributed by atoms with Gasteiger partial charge in [0, 0.05) is 11.9 Å². The van der Waals surface area contributed by atoms with Crippen molar-refractivity contribution >= 4 is 51.2 Å². The molecule has 7 heteroatoms. The third kappa shape index (κ3) is 4.31. The maximum absolute atomic E-state index is 12.7. The Bertz CT molecular complexity index is 1170. The van der Waals surface area contributed by atoms with E-state index in [1.807, 2.05) is 73.7 Å². The highest BCUT2D eigenvalue weighted by Gasteiger charge is 2.18. The van der Waals surface area contributed by atoms with E-state index in [0.717, 1.165) is 33.7 Å². The summed E-state index contributed by atoms with van der Waals surface area (Å²) in [4.78, 5) is 30.8. The number of fused-ring (bicyclic) bond motifs is 2. The number of carbonyl (C=O) groups excluding carboxylic acids is 2. The minimum atomic E-state index is -0.496. The lowest BCUT2D eigenvalue weighted by Gasteiger charge is -2.22. The van der Waals surface area contributed by atoms with Gasteiger partial charge in [0.1, 0.15) is 11.3 Å². The molecule has 1 amide bonds. The molecule has 3 aromatic carbocycles. The summed E-state index contributed by atoms with van der Waals surface area (Å²) in [6.45, 7) is 2.05. The van der Waals surface area contributed by atoms with E-state index in [-0.39, 0.29) is 18.3 Å². The van der Waals surface area contributed by atoms with E-state index in [0.29, 0.717) is 17.4 Å². The predicted molar refractivity (Wildman–Crippen MR) is 118 cm³/mol. The molecule has 4 aromatic rings. The Morgan fingerprint density at radius 1 is 1.03 bits per heavy atom. The molecule has 0 bridgehead atoms. The van der Waals surface area contributed by atoms with Crippen LogP contribution in [-0.4, -0.2) is 35.8 Å². The molecule has 0 aliphatic heterocycles. The van der Waals surface area contributed by atoms with Crippen LogP contribution in [0.4, 0.5) is 5.69 Å². The first kappa shape index (κ1) is 20.0. The fourth-order valence-corrected chi connectivity index (χ4v) is 3.86. The lowest BCUT2D eigenvalue weighted by atomic mass is 10.1. The van der Waals surface area contributed by atoms with Crippen molar-refractivity contribution < 1.29 is 18.7 Å². The van der Waals surface area contributed by atoms with Gasteiger partial charge in [0.25, 0.3) is 11.1 Å². The maximum atomic E-state index is 12.7. The minimum Gasteiger partial charge on any atom is -0.455 e. The van der Waals surface area contributed by atoms with Gasteiger partial charge >= 0.3 is 5.97 Å². The highest BCUT2D eigenvalue weighted by molar-refractivity contribution is 7.99. The molecule has 0 saturated carbocycles. The molecule has 0 radical (unpaired) electrons. The van der Waals surface area contributed by atoms with Crippen LogP contribution in [0.15, 0.2) is 76.4 Å². The molecule has 0 spiro atoms. The van der Waals surface area contributed by atoms with Crippen LogP contribution in [0.1, 0.15) is 6.92 Å². The Balaban J connectivity index is 1.36. The Labute approximate surface area is 177 Å². The number of hydrogen-bond acceptors (Lipinski definition) is 6. The molecule has 6 nitrogen and oxygen atoms in total. The predicted octanol–water partition coefficient (Wildman–Crippen LogP) is 4.67. The number of thioether (sulfide) groups is 1. The van der Waals surface area contributed by atoms with Gasteiger partial charge in [-0.2, -0.15) is 0 Å². The monoisotopic (exact) mass is 420 g/mol. The Kier molecular flexibility index (Phi) is 5.99. The van der Waals surface area contributed by atoms with Gasteiger partial charge in [-0.25, -0.2) is 4.98 Å². The van der Waals surface area contributed by atoms with Gasteiger partial charge in [-0.1, -0.05) is 60.3 Å². The van der Waals surface area contributed by atoms with Crippen LogP contribution in [0.25, 0.3) is 21.9 Å². The van der Waals surface area contributed by atoms with Gasteiger partial charge in [0.05, 0.1) is 5.69 Å². The van der Waals surface area contributed by atoms with Gasteiger partial charge in [0.2, 0.25) is 0 Å². The fourth-order valence-electron chi connectivity index (χ4n) is 3.22. The molecule has 152 valence electrons. The number of hydrogen-bond donors (Lipinski definition) is 0. The van der Waals surface area contributed by atoms with Gasteiger partial charge in [-0.3, -0.25) is 9.59 Å². The van der Waals surface area contributed by atoms with Crippen LogP contribution in [0.3, 0.4) is 0 Å². The molecule has 0 aliphatic carbocycles. The van der Waals surface area contributed by atoms with Crippen molar-refractivity contribution in [2.75, 3.05) is 23.8 Å². The Morgan fingerprint density at radius 2 is 1.80 bits per heavy atom. The van der Waals surface area contributed by atoms with Crippen LogP contribution in [0.5, 0.6) is 0 Å². The smallest absolute Gasteiger partial charge is 0.316 e. The number of para-hydroxylation sites is 2. The summed E-state index contributed by atoms with van der Waals surface area (Å²) >= 11 is 1.14. The van der Waals surface area contributed by atoms with Crippen molar-refractivity contribution in [1.29, 1.82) is 0 Å². The van der Waals surface area contributed by atoms with Crippen molar-refractivity contribution in [3.63, 3.8) is 0 Å². The van der Waals surface area contributed by atoms with Gasteiger partial charge in [-0.15, -0.1) is 0 Å². The number of aromatic nitrogens is 1. The zero-order valence-electron chi connectivity index (χ0n) is 16.4. The Morgan fingerprint density at radius 3 is 2.63 bits per heavy atom. The Hall–Kier alpha value is -3.32. The number of ether oxygens (including phenoxy) is 1. The zero-order valence-corrected chi connectivity index (χ0v) is 17.2. The van der Waals surface area contributed by atoms with E-state index >= 15 is 0 Å². The standard InChI is InChI=1S/C23H20N2O4S/c1-2-25(19-12-7-9-16-8-3-4-10-17(16)19)21(26)14-28-22(27)15-30-23-24-18-11-5-6-13-20(18)29-23/h3-13H,2,14-15H2,1H3. The van der Waals surface area contributed by atoms with Gasteiger partial charge in [-0.05, 0) is 30.5 Å². The summed E-state index contributed by atoms with van der Waals surface area (Å²) in [5.74, 6) is -0.751. The first-order valence-corrected chi connectivity index (χ1v) is 10.6. The number of oxazole rings is 1. The lowest BCUT2D eigenvalue weighted by molar-refractivity contribution is -0.145. The fraction of sp³-hybridized carbons (Fsp3) is 0.174. The molecular formula is C23H20N2O4S. The topological polar surface area (TPSA) is 72.6 Å². The van der Waals surface area contributed by atoms with E-state index < -0.39 is 5.97 Å². The van der Waals surface area contributed by atoms with Crippen molar-refractivity contribution in [3.8, 4) is 0 Å². The first-order valence-electron chi connectivity index (χ1n) is 9.58.